The van der Waals surface area contributed by atoms with Crippen LogP contribution in [0.4, 0.5) is 5.69 Å². The summed E-state index contributed by atoms with van der Waals surface area (Å²) in [6.07, 6.45) is 1.14. The summed E-state index contributed by atoms with van der Waals surface area (Å²) in [5.74, 6) is 4.83. The zero-order valence-electron chi connectivity index (χ0n) is 11.0. The van der Waals surface area contributed by atoms with E-state index in [1.807, 2.05) is 5.43 Å². The third-order valence-corrected chi connectivity index (χ3v) is 2.89. The normalized spacial score (nSPS) is 10.4. The first kappa shape index (κ1) is 14.5. The van der Waals surface area contributed by atoms with Crippen molar-refractivity contribution in [1.82, 2.24) is 9.99 Å². The zero-order valence-corrected chi connectivity index (χ0v) is 11.0. The van der Waals surface area contributed by atoms with E-state index in [4.69, 9.17) is 10.3 Å². The number of nitrogens with two attached hydrogens (primary N) is 1. The van der Waals surface area contributed by atoms with E-state index in [1.54, 1.807) is 6.92 Å². The van der Waals surface area contributed by atoms with Gasteiger partial charge in [0.25, 0.3) is 11.2 Å². The molecule has 3 N–H and O–H groups in total. The molecule has 9 nitrogen and oxygen atoms in total. The molecule has 0 aliphatic heterocycles. The molecule has 2 heterocycles. The number of carbonyl (C=O) groups excluding carboxylic acids is 1. The van der Waals surface area contributed by atoms with Gasteiger partial charge in [-0.1, -0.05) is 0 Å². The maximum Gasteiger partial charge on any atom is 0.300 e. The Labute approximate surface area is 118 Å². The third-order valence-electron chi connectivity index (χ3n) is 2.89. The molecule has 0 bridgehead atoms. The van der Waals surface area contributed by atoms with Crippen LogP contribution < -0.4 is 16.8 Å². The van der Waals surface area contributed by atoms with Gasteiger partial charge in [-0.2, -0.15) is 0 Å². The topological polar surface area (TPSA) is 133 Å². The van der Waals surface area contributed by atoms with Crippen LogP contribution >= 0.6 is 0 Å². The lowest BCUT2D eigenvalue weighted by molar-refractivity contribution is -0.385. The van der Waals surface area contributed by atoms with Crippen molar-refractivity contribution in [2.75, 3.05) is 0 Å². The Kier molecular flexibility index (Phi) is 3.85. The van der Waals surface area contributed by atoms with Crippen LogP contribution in [0.3, 0.4) is 0 Å². The average molecular weight is 292 g/mol. The summed E-state index contributed by atoms with van der Waals surface area (Å²) >= 11 is 0. The number of hydrogen-bond donors (Lipinski definition) is 2. The first-order valence-corrected chi connectivity index (χ1v) is 5.87. The first-order valence-electron chi connectivity index (χ1n) is 5.87. The van der Waals surface area contributed by atoms with Gasteiger partial charge < -0.3 is 8.98 Å². The highest BCUT2D eigenvalue weighted by Gasteiger charge is 2.15. The molecule has 0 aliphatic carbocycles. The standard InChI is InChI=1S/C12H12N4O5/c1-7-8(4-10(21-7)12(18)14-13)5-15-6-9(16(19)20)2-3-11(15)17/h2-4,6H,5,13H2,1H3,(H,14,18). The Morgan fingerprint density at radius 3 is 2.86 bits per heavy atom. The Hall–Kier alpha value is -2.94. The van der Waals surface area contributed by atoms with Crippen LogP contribution in [0.1, 0.15) is 21.9 Å². The van der Waals surface area contributed by atoms with Crippen molar-refractivity contribution in [3.8, 4) is 0 Å². The summed E-state index contributed by atoms with van der Waals surface area (Å²) in [5, 5.41) is 10.7. The molecule has 21 heavy (non-hydrogen) atoms. The van der Waals surface area contributed by atoms with Crippen LogP contribution in [0.25, 0.3) is 0 Å². The number of hydrogen-bond acceptors (Lipinski definition) is 6. The van der Waals surface area contributed by atoms with Gasteiger partial charge in [0.1, 0.15) is 5.76 Å². The second-order valence-corrected chi connectivity index (χ2v) is 4.28. The molecule has 0 unspecified atom stereocenters. The fourth-order valence-electron chi connectivity index (χ4n) is 1.79. The van der Waals surface area contributed by atoms with E-state index in [0.29, 0.717) is 11.3 Å². The molecular formula is C12H12N4O5. The summed E-state index contributed by atoms with van der Waals surface area (Å²) < 4.78 is 6.38. The van der Waals surface area contributed by atoms with Gasteiger partial charge in [0.05, 0.1) is 17.7 Å². The van der Waals surface area contributed by atoms with E-state index < -0.39 is 16.4 Å². The van der Waals surface area contributed by atoms with Gasteiger partial charge >= 0.3 is 5.91 Å². The highest BCUT2D eigenvalue weighted by Crippen LogP contribution is 2.16. The molecule has 0 aromatic carbocycles. The first-order chi connectivity index (χ1) is 9.92. The largest absolute Gasteiger partial charge is 0.456 e. The Bertz CT molecular complexity index is 761. The van der Waals surface area contributed by atoms with Crippen LogP contribution in [0, 0.1) is 17.0 Å². The number of nitrogens with zero attached hydrogens (tertiary/aromatic N) is 2. The van der Waals surface area contributed by atoms with E-state index in [2.05, 4.69) is 0 Å². The summed E-state index contributed by atoms with van der Waals surface area (Å²) in [7, 11) is 0. The number of amides is 1. The maximum absolute atomic E-state index is 11.7. The monoisotopic (exact) mass is 292 g/mol. The van der Waals surface area contributed by atoms with Gasteiger partial charge in [0, 0.05) is 17.7 Å². The number of pyridine rings is 1. The van der Waals surface area contributed by atoms with E-state index in [9.17, 15) is 19.7 Å². The number of nitrogens with one attached hydrogen (secondary N) is 1. The number of aryl methyl sites for hydroxylation is 1. The van der Waals surface area contributed by atoms with Gasteiger partial charge in [0.15, 0.2) is 5.76 Å². The summed E-state index contributed by atoms with van der Waals surface area (Å²) in [6.45, 7) is 1.67. The third kappa shape index (κ3) is 2.98. The molecule has 0 saturated carbocycles. The number of aromatic nitrogens is 1. The summed E-state index contributed by atoms with van der Waals surface area (Å²) in [6, 6.07) is 3.68. The van der Waals surface area contributed by atoms with E-state index in [0.717, 1.165) is 18.3 Å². The zero-order chi connectivity index (χ0) is 15.6. The highest BCUT2D eigenvalue weighted by molar-refractivity contribution is 5.91. The van der Waals surface area contributed by atoms with E-state index >= 15 is 0 Å². The lowest BCUT2D eigenvalue weighted by atomic mass is 10.2. The van der Waals surface area contributed by atoms with Crippen molar-refractivity contribution in [2.45, 2.75) is 13.5 Å². The van der Waals surface area contributed by atoms with Gasteiger partial charge in [-0.05, 0) is 13.0 Å². The molecule has 1 amide bonds. The minimum absolute atomic E-state index is 0.00322. The second kappa shape index (κ2) is 5.59. The molecule has 0 spiro atoms. The van der Waals surface area contributed by atoms with Crippen molar-refractivity contribution in [3.63, 3.8) is 0 Å². The van der Waals surface area contributed by atoms with Crippen LogP contribution in [0.2, 0.25) is 0 Å². The lowest BCUT2D eigenvalue weighted by Gasteiger charge is -2.03. The maximum atomic E-state index is 11.7. The lowest BCUT2D eigenvalue weighted by Crippen LogP contribution is -2.29. The number of rotatable bonds is 4. The highest BCUT2D eigenvalue weighted by atomic mass is 16.6. The number of furan rings is 1. The van der Waals surface area contributed by atoms with Gasteiger partial charge in [-0.15, -0.1) is 0 Å². The number of carbonyl (C=O) groups is 1. The molecule has 0 fully saturated rings. The number of nitrogen functional groups attached to an aromatic ring is 1. The second-order valence-electron chi connectivity index (χ2n) is 4.28. The average Bonchev–Trinajstić information content (AvgIpc) is 2.81. The predicted molar refractivity (Wildman–Crippen MR) is 71.6 cm³/mol. The fourth-order valence-corrected chi connectivity index (χ4v) is 1.79. The molecule has 9 heteroatoms. The van der Waals surface area contributed by atoms with Crippen molar-refractivity contribution < 1.29 is 14.1 Å². The summed E-state index contributed by atoms with van der Waals surface area (Å²) in [5.41, 5.74) is 1.89. The van der Waals surface area contributed by atoms with E-state index in [1.165, 1.54) is 10.6 Å². The molecule has 0 atom stereocenters. The number of hydrazine groups is 1. The van der Waals surface area contributed by atoms with Crippen molar-refractivity contribution in [3.05, 3.63) is 61.9 Å². The van der Waals surface area contributed by atoms with Gasteiger partial charge in [-0.3, -0.25) is 25.1 Å². The molecule has 2 rings (SSSR count). The van der Waals surface area contributed by atoms with Crippen LogP contribution in [-0.4, -0.2) is 15.4 Å². The molecule has 0 saturated heterocycles. The molecule has 0 aliphatic rings. The SMILES string of the molecule is Cc1oc(C(=O)NN)cc1Cn1cc([N+](=O)[O-])ccc1=O. The molecule has 2 aromatic heterocycles. The number of nitro groups is 1. The van der Waals surface area contributed by atoms with Crippen molar-refractivity contribution in [1.29, 1.82) is 0 Å². The van der Waals surface area contributed by atoms with Crippen LogP contribution in [0.15, 0.2) is 33.6 Å². The van der Waals surface area contributed by atoms with Crippen LogP contribution in [0.5, 0.6) is 0 Å². The van der Waals surface area contributed by atoms with Crippen molar-refractivity contribution in [2.24, 2.45) is 5.84 Å². The summed E-state index contributed by atoms with van der Waals surface area (Å²) in [4.78, 5) is 33.2. The predicted octanol–water partition coefficient (Wildman–Crippen LogP) is 0.310. The molecule has 2 aromatic rings. The van der Waals surface area contributed by atoms with E-state index in [-0.39, 0.29) is 18.0 Å². The van der Waals surface area contributed by atoms with Crippen LogP contribution in [-0.2, 0) is 6.54 Å². The van der Waals surface area contributed by atoms with Crippen molar-refractivity contribution >= 4 is 11.6 Å². The Morgan fingerprint density at radius 1 is 1.52 bits per heavy atom. The quantitative estimate of drug-likeness (QED) is 0.360. The Morgan fingerprint density at radius 2 is 2.24 bits per heavy atom. The molecule has 110 valence electrons. The smallest absolute Gasteiger partial charge is 0.300 e. The molecule has 0 radical (unpaired) electrons. The molecular weight excluding hydrogens is 280 g/mol. The van der Waals surface area contributed by atoms with Gasteiger partial charge in [0.2, 0.25) is 0 Å². The Balaban J connectivity index is 2.36. The minimum Gasteiger partial charge on any atom is -0.456 e. The minimum atomic E-state index is -0.601. The van der Waals surface area contributed by atoms with Gasteiger partial charge in [-0.25, -0.2) is 5.84 Å². The fraction of sp³-hybridized carbons (Fsp3) is 0.167.